The molecule has 0 saturated heterocycles. The lowest BCUT2D eigenvalue weighted by Crippen LogP contribution is -2.20. The first-order chi connectivity index (χ1) is 10.0. The summed E-state index contributed by atoms with van der Waals surface area (Å²) in [4.78, 5) is 22.7. The maximum Gasteiger partial charge on any atom is 0.255 e. The molecule has 3 N–H and O–H groups in total. The lowest BCUT2D eigenvalue weighted by Gasteiger charge is -2.08. The number of ether oxygens (including phenoxy) is 1. The predicted octanol–water partition coefficient (Wildman–Crippen LogP) is 2.57. The van der Waals surface area contributed by atoms with E-state index in [1.54, 1.807) is 48.5 Å². The highest BCUT2D eigenvalue weighted by Crippen LogP contribution is 2.18. The molecule has 108 valence electrons. The van der Waals surface area contributed by atoms with Crippen LogP contribution in [0.2, 0.25) is 0 Å². The Morgan fingerprint density at radius 1 is 1.14 bits per heavy atom. The van der Waals surface area contributed by atoms with E-state index in [-0.39, 0.29) is 12.5 Å². The van der Waals surface area contributed by atoms with Crippen molar-refractivity contribution in [1.82, 2.24) is 0 Å². The second-order valence-electron chi connectivity index (χ2n) is 4.24. The molecule has 0 bridgehead atoms. The number of hydrogen-bond acceptors (Lipinski definition) is 3. The van der Waals surface area contributed by atoms with Crippen molar-refractivity contribution < 1.29 is 14.3 Å². The van der Waals surface area contributed by atoms with Crippen molar-refractivity contribution >= 4 is 33.4 Å². The van der Waals surface area contributed by atoms with Gasteiger partial charge in [-0.1, -0.05) is 22.0 Å². The van der Waals surface area contributed by atoms with Crippen molar-refractivity contribution in [3.63, 3.8) is 0 Å². The summed E-state index contributed by atoms with van der Waals surface area (Å²) in [6, 6.07) is 13.8. The van der Waals surface area contributed by atoms with Gasteiger partial charge in [0.2, 0.25) is 0 Å². The largest absolute Gasteiger partial charge is 0.484 e. The lowest BCUT2D eigenvalue weighted by molar-refractivity contribution is -0.119. The van der Waals surface area contributed by atoms with E-state index < -0.39 is 5.91 Å². The minimum Gasteiger partial charge on any atom is -0.484 e. The van der Waals surface area contributed by atoms with Crippen LogP contribution in [0.5, 0.6) is 5.75 Å². The summed E-state index contributed by atoms with van der Waals surface area (Å²) in [7, 11) is 0. The van der Waals surface area contributed by atoms with Crippen LogP contribution in [0.25, 0.3) is 0 Å². The van der Waals surface area contributed by atoms with Crippen molar-refractivity contribution in [3.05, 3.63) is 58.6 Å². The third kappa shape index (κ3) is 4.61. The van der Waals surface area contributed by atoms with Crippen molar-refractivity contribution in [2.75, 3.05) is 11.9 Å². The number of primary amides is 1. The van der Waals surface area contributed by atoms with Gasteiger partial charge < -0.3 is 15.8 Å². The minimum atomic E-state index is -0.556. The topological polar surface area (TPSA) is 81.4 Å². The van der Waals surface area contributed by atoms with Crippen LogP contribution in [0.1, 0.15) is 10.4 Å². The van der Waals surface area contributed by atoms with Crippen LogP contribution >= 0.6 is 15.9 Å². The number of hydrogen-bond donors (Lipinski definition) is 2. The molecular formula is C15H13BrN2O3. The highest BCUT2D eigenvalue weighted by Gasteiger charge is 2.06. The Hall–Kier alpha value is -2.34. The molecule has 2 aromatic carbocycles. The van der Waals surface area contributed by atoms with Gasteiger partial charge in [-0.3, -0.25) is 9.59 Å². The Morgan fingerprint density at radius 2 is 1.86 bits per heavy atom. The number of halogens is 1. The van der Waals surface area contributed by atoms with E-state index in [0.717, 1.165) is 4.47 Å². The molecule has 5 nitrogen and oxygen atoms in total. The molecule has 0 aromatic heterocycles. The molecule has 0 atom stereocenters. The molecule has 0 aliphatic heterocycles. The molecule has 2 rings (SSSR count). The summed E-state index contributed by atoms with van der Waals surface area (Å²) < 4.78 is 6.08. The minimum absolute atomic E-state index is 0.204. The zero-order chi connectivity index (χ0) is 15.2. The Kier molecular flexibility index (Phi) is 4.94. The average molecular weight is 349 g/mol. The number of nitrogens with two attached hydrogens (primary N) is 1. The summed E-state index contributed by atoms with van der Waals surface area (Å²) in [5.41, 5.74) is 6.13. The van der Waals surface area contributed by atoms with E-state index >= 15 is 0 Å². The number of benzene rings is 2. The third-order valence-corrected chi connectivity index (χ3v) is 3.11. The first-order valence-corrected chi connectivity index (χ1v) is 6.92. The number of carbonyl (C=O) groups is 2. The summed E-state index contributed by atoms with van der Waals surface area (Å²) in [6.07, 6.45) is 0. The van der Waals surface area contributed by atoms with Crippen molar-refractivity contribution in [3.8, 4) is 5.75 Å². The summed E-state index contributed by atoms with van der Waals surface area (Å²) in [5, 5.41) is 2.76. The molecule has 6 heteroatoms. The van der Waals surface area contributed by atoms with Gasteiger partial charge in [0.25, 0.3) is 11.8 Å². The van der Waals surface area contributed by atoms with Crippen molar-refractivity contribution in [1.29, 1.82) is 0 Å². The standard InChI is InChI=1S/C15H13BrN2O3/c16-11-6-4-10(5-7-11)15(20)18-12-2-1-3-13(8-12)21-9-14(17)19/h1-8H,9H2,(H2,17,19)(H,18,20). The van der Waals surface area contributed by atoms with Gasteiger partial charge in [-0.25, -0.2) is 0 Å². The fourth-order valence-corrected chi connectivity index (χ4v) is 1.89. The van der Waals surface area contributed by atoms with E-state index in [4.69, 9.17) is 10.5 Å². The monoisotopic (exact) mass is 348 g/mol. The van der Waals surface area contributed by atoms with Gasteiger partial charge in [-0.05, 0) is 36.4 Å². The maximum absolute atomic E-state index is 12.1. The Morgan fingerprint density at radius 3 is 2.52 bits per heavy atom. The van der Waals surface area contributed by atoms with Gasteiger partial charge in [0.05, 0.1) is 0 Å². The second kappa shape index (κ2) is 6.90. The molecule has 2 aromatic rings. The van der Waals surface area contributed by atoms with E-state index in [1.807, 2.05) is 0 Å². The SMILES string of the molecule is NC(=O)COc1cccc(NC(=O)c2ccc(Br)cc2)c1. The second-order valence-corrected chi connectivity index (χ2v) is 5.16. The first-order valence-electron chi connectivity index (χ1n) is 6.12. The third-order valence-electron chi connectivity index (χ3n) is 2.58. The number of rotatable bonds is 5. The van der Waals surface area contributed by atoms with Crippen molar-refractivity contribution in [2.24, 2.45) is 5.73 Å². The van der Waals surface area contributed by atoms with Crippen LogP contribution < -0.4 is 15.8 Å². The fourth-order valence-electron chi connectivity index (χ4n) is 1.62. The van der Waals surface area contributed by atoms with Gasteiger partial charge in [0, 0.05) is 21.8 Å². The van der Waals surface area contributed by atoms with Gasteiger partial charge in [0.15, 0.2) is 6.61 Å². The molecule has 2 amide bonds. The number of amides is 2. The molecular weight excluding hydrogens is 336 g/mol. The van der Waals surface area contributed by atoms with Crippen LogP contribution in [0.4, 0.5) is 5.69 Å². The molecule has 0 fully saturated rings. The highest BCUT2D eigenvalue weighted by molar-refractivity contribution is 9.10. The van der Waals surface area contributed by atoms with Gasteiger partial charge in [-0.15, -0.1) is 0 Å². The molecule has 0 spiro atoms. The number of nitrogens with one attached hydrogen (secondary N) is 1. The quantitative estimate of drug-likeness (QED) is 0.871. The van der Waals surface area contributed by atoms with Crippen LogP contribution in [-0.2, 0) is 4.79 Å². The number of carbonyl (C=O) groups excluding carboxylic acids is 2. The summed E-state index contributed by atoms with van der Waals surface area (Å²) >= 11 is 3.31. The fraction of sp³-hybridized carbons (Fsp3) is 0.0667. The van der Waals surface area contributed by atoms with Crippen LogP contribution in [-0.4, -0.2) is 18.4 Å². The zero-order valence-corrected chi connectivity index (χ0v) is 12.6. The van der Waals surface area contributed by atoms with Crippen LogP contribution in [0.3, 0.4) is 0 Å². The van der Waals surface area contributed by atoms with Crippen LogP contribution in [0, 0.1) is 0 Å². The number of anilines is 1. The molecule has 0 radical (unpaired) electrons. The zero-order valence-electron chi connectivity index (χ0n) is 11.0. The molecule has 0 unspecified atom stereocenters. The van der Waals surface area contributed by atoms with E-state index in [1.165, 1.54) is 0 Å². The van der Waals surface area contributed by atoms with E-state index in [2.05, 4.69) is 21.2 Å². The summed E-state index contributed by atoms with van der Waals surface area (Å²) in [5.74, 6) is -0.323. The van der Waals surface area contributed by atoms with Crippen LogP contribution in [0.15, 0.2) is 53.0 Å². The Balaban J connectivity index is 2.05. The lowest BCUT2D eigenvalue weighted by atomic mass is 10.2. The van der Waals surface area contributed by atoms with E-state index in [0.29, 0.717) is 17.0 Å². The molecule has 0 aliphatic rings. The van der Waals surface area contributed by atoms with Crippen molar-refractivity contribution in [2.45, 2.75) is 0 Å². The molecule has 21 heavy (non-hydrogen) atoms. The molecule has 0 saturated carbocycles. The van der Waals surface area contributed by atoms with Gasteiger partial charge >= 0.3 is 0 Å². The predicted molar refractivity (Wildman–Crippen MR) is 83.2 cm³/mol. The van der Waals surface area contributed by atoms with Gasteiger partial charge in [0.1, 0.15) is 5.75 Å². The van der Waals surface area contributed by atoms with E-state index in [9.17, 15) is 9.59 Å². The maximum atomic E-state index is 12.1. The first kappa shape index (κ1) is 15.1. The summed E-state index contributed by atoms with van der Waals surface area (Å²) in [6.45, 7) is -0.204. The normalized spacial score (nSPS) is 9.95. The highest BCUT2D eigenvalue weighted by atomic mass is 79.9. The molecule has 0 aliphatic carbocycles. The Labute approximate surface area is 130 Å². The Bertz CT molecular complexity index is 656. The van der Waals surface area contributed by atoms with Gasteiger partial charge in [-0.2, -0.15) is 0 Å². The average Bonchev–Trinajstić information content (AvgIpc) is 2.46. The smallest absolute Gasteiger partial charge is 0.255 e. The molecule has 0 heterocycles.